The monoisotopic (exact) mass is 353 g/mol. The number of benzene rings is 1. The maximum atomic E-state index is 5.35. The summed E-state index contributed by atoms with van der Waals surface area (Å²) in [6.07, 6.45) is 6.13. The third-order valence-electron chi connectivity index (χ3n) is 4.51. The molecule has 0 amide bonds. The van der Waals surface area contributed by atoms with Gasteiger partial charge in [-0.15, -0.1) is 10.2 Å². The van der Waals surface area contributed by atoms with E-state index in [1.807, 2.05) is 25.3 Å². The maximum Gasteiger partial charge on any atom is 0.266 e. The molecule has 1 unspecified atom stereocenters. The Balaban J connectivity index is 1.73. The van der Waals surface area contributed by atoms with E-state index in [-0.39, 0.29) is 0 Å². The van der Waals surface area contributed by atoms with E-state index in [1.54, 1.807) is 0 Å². The summed E-state index contributed by atoms with van der Waals surface area (Å²) >= 11 is 0. The number of hydrogen-bond acceptors (Lipinski definition) is 5. The minimum absolute atomic E-state index is 0.501. The van der Waals surface area contributed by atoms with Crippen LogP contribution in [-0.4, -0.2) is 28.8 Å². The first-order valence-electron chi connectivity index (χ1n) is 9.51. The topological polar surface area (TPSA) is 75.0 Å². The fourth-order valence-corrected chi connectivity index (χ4v) is 3.22. The van der Waals surface area contributed by atoms with Crippen LogP contribution in [0, 0.1) is 0 Å². The smallest absolute Gasteiger partial charge is 0.266 e. The molecule has 1 N–H and O–H groups in total. The summed E-state index contributed by atoms with van der Waals surface area (Å²) in [5.74, 6) is 2.23. The van der Waals surface area contributed by atoms with Gasteiger partial charge in [-0.05, 0) is 25.3 Å². The Labute approximate surface area is 154 Å². The maximum absolute atomic E-state index is 5.35. The van der Waals surface area contributed by atoms with Crippen LogP contribution in [-0.2, 0) is 4.74 Å². The Morgan fingerprint density at radius 3 is 2.38 bits per heavy atom. The zero-order valence-electron chi connectivity index (χ0n) is 15.8. The largest absolute Gasteiger partial charge is 0.342 e. The minimum atomic E-state index is -0.501. The second-order valence-electron chi connectivity index (χ2n) is 6.48. The third kappa shape index (κ3) is 4.25. The van der Waals surface area contributed by atoms with Crippen molar-refractivity contribution >= 4 is 5.84 Å². The number of aromatic nitrogens is 2. The van der Waals surface area contributed by atoms with E-state index < -0.39 is 6.35 Å². The number of nitrogens with one attached hydrogen (secondary N) is 1. The van der Waals surface area contributed by atoms with E-state index in [9.17, 15) is 0 Å². The Morgan fingerprint density at radius 2 is 1.73 bits per heavy atom. The Bertz CT molecular complexity index is 757. The van der Waals surface area contributed by atoms with Crippen molar-refractivity contribution in [1.29, 1.82) is 0 Å². The van der Waals surface area contributed by atoms with Crippen LogP contribution in [0.25, 0.3) is 11.3 Å². The van der Waals surface area contributed by atoms with E-state index in [1.165, 1.54) is 25.7 Å². The van der Waals surface area contributed by atoms with Crippen LogP contribution in [0.2, 0.25) is 0 Å². The number of nitrogens with zero attached hydrogens (tertiary/aromatic N) is 4. The molecular weight excluding hydrogens is 326 g/mol. The quantitative estimate of drug-likeness (QED) is 0.665. The van der Waals surface area contributed by atoms with Crippen molar-refractivity contribution in [3.63, 3.8) is 0 Å². The second-order valence-corrected chi connectivity index (χ2v) is 6.48. The number of H-pyrrole nitrogens is 1. The molecule has 1 atom stereocenters. The van der Waals surface area contributed by atoms with Gasteiger partial charge in [0.15, 0.2) is 5.84 Å². The molecule has 26 heavy (non-hydrogen) atoms. The molecule has 0 spiro atoms. The highest BCUT2D eigenvalue weighted by Crippen LogP contribution is 2.27. The van der Waals surface area contributed by atoms with Gasteiger partial charge in [0.1, 0.15) is 5.82 Å². The van der Waals surface area contributed by atoms with Crippen LogP contribution in [0.4, 0.5) is 0 Å². The van der Waals surface area contributed by atoms with Crippen LogP contribution in [0.1, 0.15) is 63.8 Å². The van der Waals surface area contributed by atoms with Gasteiger partial charge in [0.05, 0.1) is 11.9 Å². The number of aliphatic imine (C=N–C) groups is 1. The molecule has 0 bridgehead atoms. The summed E-state index contributed by atoms with van der Waals surface area (Å²) in [7, 11) is 0. The van der Waals surface area contributed by atoms with Gasteiger partial charge in [0.2, 0.25) is 0 Å². The molecule has 0 fully saturated rings. The highest BCUT2D eigenvalue weighted by atomic mass is 16.5. The summed E-state index contributed by atoms with van der Waals surface area (Å²) < 4.78 is 5.35. The Hall–Kier alpha value is -2.34. The van der Waals surface area contributed by atoms with E-state index in [0.717, 1.165) is 22.6 Å². The normalized spacial score (nSPS) is 16.5. The summed E-state index contributed by atoms with van der Waals surface area (Å²) in [5, 5.41) is 8.11. The van der Waals surface area contributed by atoms with Crippen LogP contribution in [0.5, 0.6) is 0 Å². The average molecular weight is 353 g/mol. The fourth-order valence-electron chi connectivity index (χ4n) is 3.22. The predicted octanol–water partition coefficient (Wildman–Crippen LogP) is 5.29. The average Bonchev–Trinajstić information content (AvgIpc) is 3.32. The van der Waals surface area contributed by atoms with Gasteiger partial charge in [-0.1, -0.05) is 51.0 Å². The van der Waals surface area contributed by atoms with Gasteiger partial charge in [0.25, 0.3) is 6.35 Å². The molecule has 3 rings (SSSR count). The number of hydrogen-bond donors (Lipinski definition) is 1. The standard InChI is InChI=1S/C20H27N5O/c1-4-7-15(8-5-2)18-21-13-17(22-18)14-9-11-16(12-10-14)19-23-20(25-24-19)26-6-3/h9-13,15,20H,4-8H2,1-3H3,(H,21,22). The molecule has 138 valence electrons. The van der Waals surface area contributed by atoms with Crippen molar-refractivity contribution in [3.8, 4) is 11.3 Å². The van der Waals surface area contributed by atoms with Crippen molar-refractivity contribution in [1.82, 2.24) is 9.97 Å². The van der Waals surface area contributed by atoms with Gasteiger partial charge < -0.3 is 9.72 Å². The number of aromatic amines is 1. The van der Waals surface area contributed by atoms with E-state index in [0.29, 0.717) is 18.4 Å². The lowest BCUT2D eigenvalue weighted by Crippen LogP contribution is -2.04. The SMILES string of the molecule is CCCC(CCC)c1ncc(-c2ccc(C3=NC(OCC)N=N3)cc2)[nH]1. The second kappa shape index (κ2) is 8.85. The van der Waals surface area contributed by atoms with Crippen LogP contribution in [0.15, 0.2) is 45.7 Å². The number of ether oxygens (including phenoxy) is 1. The minimum Gasteiger partial charge on any atom is -0.342 e. The van der Waals surface area contributed by atoms with Gasteiger partial charge in [-0.25, -0.2) is 9.98 Å². The van der Waals surface area contributed by atoms with Crippen molar-refractivity contribution in [3.05, 3.63) is 41.9 Å². The van der Waals surface area contributed by atoms with Crippen molar-refractivity contribution in [2.24, 2.45) is 15.2 Å². The first-order valence-corrected chi connectivity index (χ1v) is 9.51. The molecule has 1 aliphatic rings. The van der Waals surface area contributed by atoms with Gasteiger partial charge >= 0.3 is 0 Å². The van der Waals surface area contributed by atoms with Gasteiger partial charge in [0, 0.05) is 18.1 Å². The van der Waals surface area contributed by atoms with E-state index >= 15 is 0 Å². The molecule has 0 radical (unpaired) electrons. The van der Waals surface area contributed by atoms with Crippen LogP contribution < -0.4 is 0 Å². The number of imidazole rings is 1. The number of rotatable bonds is 9. The summed E-state index contributed by atoms with van der Waals surface area (Å²) in [6.45, 7) is 6.94. The lowest BCUT2D eigenvalue weighted by atomic mass is 9.98. The first-order chi connectivity index (χ1) is 12.7. The summed E-state index contributed by atoms with van der Waals surface area (Å²) in [4.78, 5) is 12.5. The summed E-state index contributed by atoms with van der Waals surface area (Å²) in [5.41, 5.74) is 3.09. The van der Waals surface area contributed by atoms with Crippen molar-refractivity contribution in [2.45, 2.75) is 58.7 Å². The predicted molar refractivity (Wildman–Crippen MR) is 103 cm³/mol. The molecule has 2 heterocycles. The van der Waals surface area contributed by atoms with Gasteiger partial charge in [-0.2, -0.15) is 0 Å². The molecule has 2 aromatic rings. The number of amidine groups is 1. The highest BCUT2D eigenvalue weighted by Gasteiger charge is 2.16. The number of azo groups is 1. The lowest BCUT2D eigenvalue weighted by Gasteiger charge is -2.12. The van der Waals surface area contributed by atoms with E-state index in [4.69, 9.17) is 4.74 Å². The molecule has 1 aromatic heterocycles. The molecule has 6 heteroatoms. The third-order valence-corrected chi connectivity index (χ3v) is 4.51. The lowest BCUT2D eigenvalue weighted by molar-refractivity contribution is 0.0757. The molecule has 1 aromatic carbocycles. The Kier molecular flexibility index (Phi) is 6.28. The van der Waals surface area contributed by atoms with Gasteiger partial charge in [-0.3, -0.25) is 0 Å². The van der Waals surface area contributed by atoms with E-state index in [2.05, 4.69) is 51.2 Å². The van der Waals surface area contributed by atoms with Crippen molar-refractivity contribution in [2.75, 3.05) is 6.61 Å². The molecule has 0 saturated heterocycles. The molecular formula is C20H27N5O. The first kappa shape index (κ1) is 18.5. The zero-order chi connectivity index (χ0) is 18.4. The zero-order valence-corrected chi connectivity index (χ0v) is 15.8. The molecule has 1 aliphatic heterocycles. The Morgan fingerprint density at radius 1 is 1.04 bits per heavy atom. The molecule has 0 aliphatic carbocycles. The molecule has 0 saturated carbocycles. The molecule has 6 nitrogen and oxygen atoms in total. The van der Waals surface area contributed by atoms with Crippen LogP contribution in [0.3, 0.4) is 0 Å². The van der Waals surface area contributed by atoms with Crippen LogP contribution >= 0.6 is 0 Å². The van der Waals surface area contributed by atoms with Crippen molar-refractivity contribution < 1.29 is 4.74 Å². The summed E-state index contributed by atoms with van der Waals surface area (Å²) in [6, 6.07) is 8.15. The highest BCUT2D eigenvalue weighted by molar-refractivity contribution is 6.00. The fraction of sp³-hybridized carbons (Fsp3) is 0.500.